The van der Waals surface area contributed by atoms with Gasteiger partial charge >= 0.3 is 0 Å². The lowest BCUT2D eigenvalue weighted by Gasteiger charge is -2.24. The van der Waals surface area contributed by atoms with Crippen LogP contribution in [0.25, 0.3) is 0 Å². The molecule has 0 aromatic rings. The summed E-state index contributed by atoms with van der Waals surface area (Å²) < 4.78 is 0. The van der Waals surface area contributed by atoms with E-state index in [4.69, 9.17) is 5.73 Å². The molecule has 0 aromatic carbocycles. The van der Waals surface area contributed by atoms with Crippen molar-refractivity contribution < 1.29 is 0 Å². The van der Waals surface area contributed by atoms with Crippen LogP contribution in [0.2, 0.25) is 0 Å². The van der Waals surface area contributed by atoms with Gasteiger partial charge in [0.15, 0.2) is 0 Å². The highest BCUT2D eigenvalue weighted by Gasteiger charge is 2.15. The molecule has 0 aliphatic heterocycles. The Kier molecular flexibility index (Phi) is 41.9. The van der Waals surface area contributed by atoms with E-state index >= 15 is 0 Å². The molecule has 3 heteroatoms. The number of hydrogen-bond acceptors (Lipinski definition) is 3. The fourth-order valence-electron chi connectivity index (χ4n) is 2.71. The first kappa shape index (κ1) is 33.5. The Bertz CT molecular complexity index is 186. The first-order chi connectivity index (χ1) is 12.7. The summed E-state index contributed by atoms with van der Waals surface area (Å²) in [6.07, 6.45) is 9.28. The van der Waals surface area contributed by atoms with Crippen LogP contribution in [0.5, 0.6) is 0 Å². The smallest absolute Gasteiger partial charge is 0.00618 e. The van der Waals surface area contributed by atoms with E-state index in [0.717, 1.165) is 37.5 Å². The lowest BCUT2D eigenvalue weighted by molar-refractivity contribution is 0.296. The van der Waals surface area contributed by atoms with E-state index < -0.39 is 0 Å². The van der Waals surface area contributed by atoms with Crippen molar-refractivity contribution >= 4 is 0 Å². The molecule has 0 unspecified atom stereocenters. The Morgan fingerprint density at radius 1 is 0.846 bits per heavy atom. The topological polar surface area (TPSA) is 50.1 Å². The molecule has 164 valence electrons. The predicted molar refractivity (Wildman–Crippen MR) is 125 cm³/mol. The van der Waals surface area contributed by atoms with Crippen LogP contribution in [0.1, 0.15) is 107 Å². The van der Waals surface area contributed by atoms with Crippen LogP contribution in [0.4, 0.5) is 0 Å². The van der Waals surface area contributed by atoms with Gasteiger partial charge in [0.05, 0.1) is 0 Å². The molecule has 0 amide bonds. The van der Waals surface area contributed by atoms with E-state index in [9.17, 15) is 0 Å². The quantitative estimate of drug-likeness (QED) is 0.441. The second-order valence-corrected chi connectivity index (χ2v) is 6.29. The van der Waals surface area contributed by atoms with Gasteiger partial charge in [-0.15, -0.1) is 0 Å². The molecule has 0 atom stereocenters. The van der Waals surface area contributed by atoms with Gasteiger partial charge in [-0.25, -0.2) is 0 Å². The molecule has 1 aliphatic carbocycles. The summed E-state index contributed by atoms with van der Waals surface area (Å²) in [7, 11) is 2.00. The predicted octanol–water partition coefficient (Wildman–Crippen LogP) is 6.22. The van der Waals surface area contributed by atoms with Gasteiger partial charge in [-0.05, 0) is 70.6 Å². The van der Waals surface area contributed by atoms with Crippen molar-refractivity contribution in [1.82, 2.24) is 10.6 Å². The van der Waals surface area contributed by atoms with Gasteiger partial charge in [-0.1, -0.05) is 75.2 Å². The maximum Gasteiger partial charge on any atom is 0.00618 e. The average Bonchev–Trinajstić information content (AvgIpc) is 2.74. The SMILES string of the molecule is CC.CC.CC.CC1CCC(CN)CC1.CCC(CC)NCCCNC. The molecule has 1 saturated carbocycles. The summed E-state index contributed by atoms with van der Waals surface area (Å²) >= 11 is 0. The summed E-state index contributed by atoms with van der Waals surface area (Å²) in [5.41, 5.74) is 5.55. The van der Waals surface area contributed by atoms with Crippen molar-refractivity contribution in [2.75, 3.05) is 26.7 Å². The monoisotopic (exact) mass is 375 g/mol. The van der Waals surface area contributed by atoms with Crippen molar-refractivity contribution in [1.29, 1.82) is 0 Å². The van der Waals surface area contributed by atoms with Gasteiger partial charge in [0, 0.05) is 6.04 Å². The molecule has 3 nitrogen and oxygen atoms in total. The summed E-state index contributed by atoms with van der Waals surface area (Å²) in [4.78, 5) is 0. The minimum atomic E-state index is 0.729. The Hall–Kier alpha value is -0.120. The third kappa shape index (κ3) is 26.1. The average molecular weight is 376 g/mol. The van der Waals surface area contributed by atoms with E-state index in [1.165, 1.54) is 44.9 Å². The largest absolute Gasteiger partial charge is 0.330 e. The Balaban J connectivity index is -0.000000145. The second-order valence-electron chi connectivity index (χ2n) is 6.29. The van der Waals surface area contributed by atoms with E-state index in [1.807, 2.05) is 48.6 Å². The zero-order chi connectivity index (χ0) is 21.2. The molecule has 0 heterocycles. The van der Waals surface area contributed by atoms with E-state index in [1.54, 1.807) is 0 Å². The van der Waals surface area contributed by atoms with Crippen LogP contribution in [0.3, 0.4) is 0 Å². The van der Waals surface area contributed by atoms with Crippen molar-refractivity contribution in [3.05, 3.63) is 0 Å². The Morgan fingerprint density at radius 2 is 1.31 bits per heavy atom. The van der Waals surface area contributed by atoms with Crippen LogP contribution >= 0.6 is 0 Å². The molecule has 0 bridgehead atoms. The van der Waals surface area contributed by atoms with Crippen LogP contribution in [-0.2, 0) is 0 Å². The molecule has 1 aliphatic rings. The number of nitrogens with one attached hydrogen (secondary N) is 2. The van der Waals surface area contributed by atoms with E-state index in [-0.39, 0.29) is 0 Å². The zero-order valence-corrected chi connectivity index (χ0v) is 20.4. The summed E-state index contributed by atoms with van der Waals surface area (Å²) in [5.74, 6) is 1.81. The third-order valence-electron chi connectivity index (χ3n) is 4.49. The van der Waals surface area contributed by atoms with E-state index in [0.29, 0.717) is 0 Å². The van der Waals surface area contributed by atoms with Crippen LogP contribution < -0.4 is 16.4 Å². The van der Waals surface area contributed by atoms with Crippen molar-refractivity contribution in [3.63, 3.8) is 0 Å². The van der Waals surface area contributed by atoms with Gasteiger partial charge < -0.3 is 16.4 Å². The molecule has 4 N–H and O–H groups in total. The van der Waals surface area contributed by atoms with Gasteiger partial charge in [0.25, 0.3) is 0 Å². The zero-order valence-electron chi connectivity index (χ0n) is 20.4. The molecule has 1 rings (SSSR count). The first-order valence-electron chi connectivity index (χ1n) is 11.8. The standard InChI is InChI=1S/C9H22N2.C8H17N.3C2H6/c1-4-9(5-2)11-8-6-7-10-3;1-7-2-4-8(6-9)5-3-7;3*1-2/h9-11H,4-8H2,1-3H3;7-8H,2-6,9H2,1H3;3*1-2H3. The first-order valence-corrected chi connectivity index (χ1v) is 11.8. The molecule has 0 saturated heterocycles. The molecule has 26 heavy (non-hydrogen) atoms. The number of rotatable bonds is 8. The third-order valence-corrected chi connectivity index (χ3v) is 4.49. The maximum absolute atomic E-state index is 5.55. The fraction of sp³-hybridized carbons (Fsp3) is 1.00. The minimum Gasteiger partial charge on any atom is -0.330 e. The molecular formula is C23H57N3. The molecule has 0 radical (unpaired) electrons. The van der Waals surface area contributed by atoms with Crippen molar-refractivity contribution in [2.24, 2.45) is 17.6 Å². The van der Waals surface area contributed by atoms with Gasteiger partial charge in [0.2, 0.25) is 0 Å². The fourth-order valence-corrected chi connectivity index (χ4v) is 2.71. The van der Waals surface area contributed by atoms with E-state index in [2.05, 4.69) is 31.4 Å². The molecule has 0 aromatic heterocycles. The van der Waals surface area contributed by atoms with Gasteiger partial charge in [-0.3, -0.25) is 0 Å². The minimum absolute atomic E-state index is 0.729. The molecule has 1 fully saturated rings. The highest BCUT2D eigenvalue weighted by molar-refractivity contribution is 4.69. The Morgan fingerprint density at radius 3 is 1.65 bits per heavy atom. The highest BCUT2D eigenvalue weighted by atomic mass is 14.9. The van der Waals surface area contributed by atoms with Crippen molar-refractivity contribution in [2.45, 2.75) is 113 Å². The Labute approximate surface area is 168 Å². The van der Waals surface area contributed by atoms with Gasteiger partial charge in [-0.2, -0.15) is 0 Å². The molecular weight excluding hydrogens is 318 g/mol. The number of hydrogen-bond donors (Lipinski definition) is 3. The van der Waals surface area contributed by atoms with Crippen LogP contribution in [0.15, 0.2) is 0 Å². The number of nitrogens with two attached hydrogens (primary N) is 1. The lowest BCUT2D eigenvalue weighted by atomic mass is 9.83. The molecule has 0 spiro atoms. The van der Waals surface area contributed by atoms with Gasteiger partial charge in [0.1, 0.15) is 0 Å². The second kappa shape index (κ2) is 32.5. The van der Waals surface area contributed by atoms with Crippen LogP contribution in [0, 0.1) is 11.8 Å². The summed E-state index contributed by atoms with van der Waals surface area (Å²) in [6.45, 7) is 22.0. The van der Waals surface area contributed by atoms with Crippen LogP contribution in [-0.4, -0.2) is 32.7 Å². The summed E-state index contributed by atoms with van der Waals surface area (Å²) in [6, 6.07) is 0.729. The summed E-state index contributed by atoms with van der Waals surface area (Å²) in [5, 5.41) is 6.65. The highest BCUT2D eigenvalue weighted by Crippen LogP contribution is 2.26. The lowest BCUT2D eigenvalue weighted by Crippen LogP contribution is -2.29. The van der Waals surface area contributed by atoms with Crippen molar-refractivity contribution in [3.8, 4) is 0 Å². The maximum atomic E-state index is 5.55. The normalized spacial score (nSPS) is 18.0.